The number of carboxylic acid groups (broad SMARTS) is 1. The summed E-state index contributed by atoms with van der Waals surface area (Å²) in [5, 5.41) is 13.9. The van der Waals surface area contributed by atoms with Gasteiger partial charge in [0.15, 0.2) is 0 Å². The van der Waals surface area contributed by atoms with Crippen LogP contribution in [0.2, 0.25) is 0 Å². The van der Waals surface area contributed by atoms with Crippen molar-refractivity contribution in [3.63, 3.8) is 0 Å². The van der Waals surface area contributed by atoms with E-state index in [0.29, 0.717) is 5.56 Å². The fourth-order valence-corrected chi connectivity index (χ4v) is 1.92. The van der Waals surface area contributed by atoms with Gasteiger partial charge in [-0.2, -0.15) is 0 Å². The van der Waals surface area contributed by atoms with Gasteiger partial charge in [0.05, 0.1) is 12.2 Å². The summed E-state index contributed by atoms with van der Waals surface area (Å²) >= 11 is 0. The van der Waals surface area contributed by atoms with Gasteiger partial charge >= 0.3 is 5.97 Å². The number of aliphatic carboxylic acids is 1. The van der Waals surface area contributed by atoms with Gasteiger partial charge in [-0.25, -0.2) is 0 Å². The number of hydrogen-bond donors (Lipinski definition) is 3. The van der Waals surface area contributed by atoms with Crippen molar-refractivity contribution in [3.8, 4) is 0 Å². The van der Waals surface area contributed by atoms with E-state index in [1.54, 1.807) is 18.2 Å². The van der Waals surface area contributed by atoms with Gasteiger partial charge in [-0.15, -0.1) is 0 Å². The third-order valence-corrected chi connectivity index (χ3v) is 3.31. The molecule has 0 fully saturated rings. The number of amides is 2. The van der Waals surface area contributed by atoms with Crippen LogP contribution >= 0.6 is 0 Å². The van der Waals surface area contributed by atoms with Crippen LogP contribution in [0, 0.1) is 6.92 Å². The van der Waals surface area contributed by atoms with Gasteiger partial charge in [0.1, 0.15) is 12.1 Å². The van der Waals surface area contributed by atoms with Crippen LogP contribution in [0.5, 0.6) is 0 Å². The molecule has 2 atom stereocenters. The van der Waals surface area contributed by atoms with Gasteiger partial charge in [0.25, 0.3) is 5.91 Å². The summed E-state index contributed by atoms with van der Waals surface area (Å²) in [4.78, 5) is 35.7. The summed E-state index contributed by atoms with van der Waals surface area (Å²) in [5.74, 6) is -2.20. The Morgan fingerprint density at radius 2 is 1.84 bits per heavy atom. The molecule has 0 saturated carbocycles. The molecule has 138 valence electrons. The van der Waals surface area contributed by atoms with Gasteiger partial charge in [0, 0.05) is 5.56 Å². The maximum Gasteiger partial charge on any atom is 0.325 e. The SMILES string of the molecule is Cc1cccc(C(=O)N[C@H](COC(C)(C)C)C(=O)N[C@@H](C)C(=O)O)c1. The van der Waals surface area contributed by atoms with Crippen LogP contribution in [-0.2, 0) is 14.3 Å². The molecular formula is C18H26N2O5. The first-order chi connectivity index (χ1) is 11.5. The van der Waals surface area contributed by atoms with Crippen LogP contribution in [-0.4, -0.2) is 47.2 Å². The van der Waals surface area contributed by atoms with Crippen molar-refractivity contribution in [3.05, 3.63) is 35.4 Å². The number of carbonyl (C=O) groups excluding carboxylic acids is 2. The van der Waals surface area contributed by atoms with E-state index in [1.807, 2.05) is 33.8 Å². The van der Waals surface area contributed by atoms with Gasteiger partial charge < -0.3 is 20.5 Å². The molecule has 25 heavy (non-hydrogen) atoms. The predicted octanol–water partition coefficient (Wildman–Crippen LogP) is 1.50. The van der Waals surface area contributed by atoms with Crippen molar-refractivity contribution in [2.45, 2.75) is 52.3 Å². The van der Waals surface area contributed by atoms with Gasteiger partial charge in [-0.3, -0.25) is 14.4 Å². The molecular weight excluding hydrogens is 324 g/mol. The van der Waals surface area contributed by atoms with Crippen molar-refractivity contribution in [1.29, 1.82) is 0 Å². The van der Waals surface area contributed by atoms with E-state index in [4.69, 9.17) is 9.84 Å². The maximum absolute atomic E-state index is 12.4. The van der Waals surface area contributed by atoms with Crippen LogP contribution in [0.4, 0.5) is 0 Å². The molecule has 0 aliphatic carbocycles. The first-order valence-corrected chi connectivity index (χ1v) is 8.04. The number of rotatable bonds is 7. The van der Waals surface area contributed by atoms with E-state index in [9.17, 15) is 14.4 Å². The van der Waals surface area contributed by atoms with E-state index in [2.05, 4.69) is 10.6 Å². The highest BCUT2D eigenvalue weighted by Crippen LogP contribution is 2.09. The van der Waals surface area contributed by atoms with Crippen LogP contribution < -0.4 is 10.6 Å². The highest BCUT2D eigenvalue weighted by atomic mass is 16.5. The second kappa shape index (κ2) is 8.62. The molecule has 3 N–H and O–H groups in total. The Morgan fingerprint density at radius 1 is 1.20 bits per heavy atom. The highest BCUT2D eigenvalue weighted by molar-refractivity contribution is 5.98. The second-order valence-electron chi connectivity index (χ2n) is 6.89. The third-order valence-electron chi connectivity index (χ3n) is 3.31. The van der Waals surface area contributed by atoms with Crippen molar-refractivity contribution in [1.82, 2.24) is 10.6 Å². The molecule has 0 spiro atoms. The molecule has 2 amide bonds. The number of carboxylic acids is 1. The second-order valence-corrected chi connectivity index (χ2v) is 6.89. The Balaban J connectivity index is 2.87. The van der Waals surface area contributed by atoms with E-state index < -0.39 is 35.5 Å². The normalized spacial score (nSPS) is 13.6. The number of hydrogen-bond acceptors (Lipinski definition) is 4. The lowest BCUT2D eigenvalue weighted by Crippen LogP contribution is -2.53. The monoisotopic (exact) mass is 350 g/mol. The molecule has 1 rings (SSSR count). The Hall–Kier alpha value is -2.41. The van der Waals surface area contributed by atoms with Gasteiger partial charge in [0.2, 0.25) is 5.91 Å². The summed E-state index contributed by atoms with van der Waals surface area (Å²) < 4.78 is 5.59. The number of nitrogens with one attached hydrogen (secondary N) is 2. The van der Waals surface area contributed by atoms with Gasteiger partial charge in [-0.05, 0) is 46.8 Å². The zero-order chi connectivity index (χ0) is 19.2. The fraction of sp³-hybridized carbons (Fsp3) is 0.500. The molecule has 0 radical (unpaired) electrons. The molecule has 0 saturated heterocycles. The quantitative estimate of drug-likeness (QED) is 0.691. The number of benzene rings is 1. The Bertz CT molecular complexity index is 637. The average Bonchev–Trinajstić information content (AvgIpc) is 2.49. The Labute approximate surface area is 147 Å². The summed E-state index contributed by atoms with van der Waals surface area (Å²) in [6.45, 7) is 8.61. The zero-order valence-corrected chi connectivity index (χ0v) is 15.3. The van der Waals surface area contributed by atoms with Crippen molar-refractivity contribution < 1.29 is 24.2 Å². The number of ether oxygens (including phenoxy) is 1. The summed E-state index contributed by atoms with van der Waals surface area (Å²) in [6, 6.07) is 4.88. The van der Waals surface area contributed by atoms with Crippen molar-refractivity contribution in [2.75, 3.05) is 6.61 Å². The van der Waals surface area contributed by atoms with E-state index in [-0.39, 0.29) is 6.61 Å². The van der Waals surface area contributed by atoms with Crippen LogP contribution in [0.1, 0.15) is 43.6 Å². The highest BCUT2D eigenvalue weighted by Gasteiger charge is 2.26. The van der Waals surface area contributed by atoms with Crippen LogP contribution in [0.15, 0.2) is 24.3 Å². The van der Waals surface area contributed by atoms with E-state index in [1.165, 1.54) is 6.92 Å². The Morgan fingerprint density at radius 3 is 2.36 bits per heavy atom. The lowest BCUT2D eigenvalue weighted by molar-refractivity contribution is -0.142. The topological polar surface area (TPSA) is 105 Å². The minimum absolute atomic E-state index is 0.0702. The van der Waals surface area contributed by atoms with E-state index >= 15 is 0 Å². The minimum Gasteiger partial charge on any atom is -0.480 e. The summed E-state index contributed by atoms with van der Waals surface area (Å²) in [7, 11) is 0. The molecule has 0 aliphatic heterocycles. The largest absolute Gasteiger partial charge is 0.480 e. The summed E-state index contributed by atoms with van der Waals surface area (Å²) in [6.07, 6.45) is 0. The first-order valence-electron chi connectivity index (χ1n) is 8.04. The number of aryl methyl sites for hydroxylation is 1. The predicted molar refractivity (Wildman–Crippen MR) is 93.4 cm³/mol. The molecule has 0 aliphatic rings. The standard InChI is InChI=1S/C18H26N2O5/c1-11-7-6-8-13(9-11)15(21)20-14(10-25-18(3,4)5)16(22)19-12(2)17(23)24/h6-9,12,14H,10H2,1-5H3,(H,19,22)(H,20,21)(H,23,24)/t12-,14+/m0/s1. The zero-order valence-electron chi connectivity index (χ0n) is 15.3. The van der Waals surface area contributed by atoms with Crippen molar-refractivity contribution in [2.24, 2.45) is 0 Å². The first kappa shape index (κ1) is 20.6. The van der Waals surface area contributed by atoms with Crippen LogP contribution in [0.3, 0.4) is 0 Å². The smallest absolute Gasteiger partial charge is 0.325 e. The molecule has 0 aromatic heterocycles. The lowest BCUT2D eigenvalue weighted by atomic mass is 10.1. The molecule has 7 nitrogen and oxygen atoms in total. The summed E-state index contributed by atoms with van der Waals surface area (Å²) in [5.41, 5.74) is 0.823. The molecule has 1 aromatic rings. The minimum atomic E-state index is -1.16. The molecule has 0 heterocycles. The molecule has 0 bridgehead atoms. The van der Waals surface area contributed by atoms with E-state index in [0.717, 1.165) is 5.56 Å². The number of carbonyl (C=O) groups is 3. The molecule has 7 heteroatoms. The Kier molecular flexibility index (Phi) is 7.11. The van der Waals surface area contributed by atoms with Crippen molar-refractivity contribution >= 4 is 17.8 Å². The maximum atomic E-state index is 12.4. The molecule has 1 aromatic carbocycles. The third kappa shape index (κ3) is 7.34. The lowest BCUT2D eigenvalue weighted by Gasteiger charge is -2.25. The average molecular weight is 350 g/mol. The van der Waals surface area contributed by atoms with Crippen LogP contribution in [0.25, 0.3) is 0 Å². The van der Waals surface area contributed by atoms with Gasteiger partial charge in [-0.1, -0.05) is 17.7 Å². The fourth-order valence-electron chi connectivity index (χ4n) is 1.92. The molecule has 0 unspecified atom stereocenters.